The standard InChI is InChI=1S/C14H16BrNO3/c15-11-6-4-9(5-7-11)13(17)16-8-10-2-1-3-12(10)14(18)19/h4-7,10,12H,1-3,8H2,(H,16,17)(H,18,19). The van der Waals surface area contributed by atoms with Gasteiger partial charge in [0.2, 0.25) is 0 Å². The molecule has 2 N–H and O–H groups in total. The number of carboxylic acids is 1. The Morgan fingerprint density at radius 3 is 2.58 bits per heavy atom. The number of hydrogen-bond donors (Lipinski definition) is 2. The van der Waals surface area contributed by atoms with Gasteiger partial charge in [-0.15, -0.1) is 0 Å². The van der Waals surface area contributed by atoms with E-state index in [-0.39, 0.29) is 17.7 Å². The molecule has 4 nitrogen and oxygen atoms in total. The van der Waals surface area contributed by atoms with Crippen molar-refractivity contribution in [2.45, 2.75) is 19.3 Å². The highest BCUT2D eigenvalue weighted by atomic mass is 79.9. The highest BCUT2D eigenvalue weighted by molar-refractivity contribution is 9.10. The van der Waals surface area contributed by atoms with Gasteiger partial charge in [-0.05, 0) is 43.0 Å². The molecule has 2 atom stereocenters. The van der Waals surface area contributed by atoms with E-state index in [1.54, 1.807) is 12.1 Å². The molecule has 2 unspecified atom stereocenters. The van der Waals surface area contributed by atoms with E-state index in [4.69, 9.17) is 5.11 Å². The summed E-state index contributed by atoms with van der Waals surface area (Å²) in [5.41, 5.74) is 0.591. The van der Waals surface area contributed by atoms with Crippen LogP contribution in [0, 0.1) is 11.8 Å². The molecule has 1 aliphatic carbocycles. The van der Waals surface area contributed by atoms with E-state index < -0.39 is 5.97 Å². The molecule has 1 aromatic carbocycles. The quantitative estimate of drug-likeness (QED) is 0.894. The molecule has 1 aliphatic rings. The minimum absolute atomic E-state index is 0.0527. The van der Waals surface area contributed by atoms with E-state index in [1.807, 2.05) is 12.1 Å². The lowest BCUT2D eigenvalue weighted by molar-refractivity contribution is -0.142. The lowest BCUT2D eigenvalue weighted by Gasteiger charge is -2.16. The van der Waals surface area contributed by atoms with Gasteiger partial charge in [0.15, 0.2) is 0 Å². The third kappa shape index (κ3) is 3.56. The van der Waals surface area contributed by atoms with Crippen LogP contribution in [0.2, 0.25) is 0 Å². The fourth-order valence-electron chi connectivity index (χ4n) is 2.53. The predicted octanol–water partition coefficient (Wildman–Crippen LogP) is 2.68. The molecule has 2 rings (SSSR count). The first-order chi connectivity index (χ1) is 9.08. The molecule has 5 heteroatoms. The van der Waals surface area contributed by atoms with Gasteiger partial charge >= 0.3 is 5.97 Å². The highest BCUT2D eigenvalue weighted by Crippen LogP contribution is 2.31. The second-order valence-corrected chi connectivity index (χ2v) is 5.77. The summed E-state index contributed by atoms with van der Waals surface area (Å²) in [5, 5.41) is 11.9. The van der Waals surface area contributed by atoms with Crippen molar-refractivity contribution in [1.29, 1.82) is 0 Å². The first-order valence-corrected chi connectivity index (χ1v) is 7.14. The Hall–Kier alpha value is -1.36. The molecule has 0 heterocycles. The van der Waals surface area contributed by atoms with Crippen molar-refractivity contribution in [2.24, 2.45) is 11.8 Å². The normalized spacial score (nSPS) is 22.2. The number of hydrogen-bond acceptors (Lipinski definition) is 2. The monoisotopic (exact) mass is 325 g/mol. The summed E-state index contributed by atoms with van der Waals surface area (Å²) in [4.78, 5) is 23.0. The van der Waals surface area contributed by atoms with E-state index in [0.29, 0.717) is 18.5 Å². The maximum absolute atomic E-state index is 11.9. The average Bonchev–Trinajstić information content (AvgIpc) is 2.85. The van der Waals surface area contributed by atoms with E-state index in [9.17, 15) is 9.59 Å². The lowest BCUT2D eigenvalue weighted by atomic mass is 9.96. The van der Waals surface area contributed by atoms with Gasteiger partial charge in [-0.3, -0.25) is 9.59 Å². The van der Waals surface area contributed by atoms with Crippen molar-refractivity contribution in [1.82, 2.24) is 5.32 Å². The Balaban J connectivity index is 1.90. The molecule has 0 aliphatic heterocycles. The minimum Gasteiger partial charge on any atom is -0.481 e. The molecule has 1 saturated carbocycles. The van der Waals surface area contributed by atoms with E-state index in [1.165, 1.54) is 0 Å². The molecular weight excluding hydrogens is 310 g/mol. The molecule has 102 valence electrons. The number of halogens is 1. The van der Waals surface area contributed by atoms with E-state index in [0.717, 1.165) is 17.3 Å². The summed E-state index contributed by atoms with van der Waals surface area (Å²) in [5.74, 6) is -1.16. The fourth-order valence-corrected chi connectivity index (χ4v) is 2.80. The number of benzene rings is 1. The van der Waals surface area contributed by atoms with Crippen molar-refractivity contribution >= 4 is 27.8 Å². The molecule has 1 fully saturated rings. The fraction of sp³-hybridized carbons (Fsp3) is 0.429. The maximum Gasteiger partial charge on any atom is 0.306 e. The van der Waals surface area contributed by atoms with Crippen molar-refractivity contribution in [2.75, 3.05) is 6.54 Å². The summed E-state index contributed by atoms with van der Waals surface area (Å²) in [7, 11) is 0. The van der Waals surface area contributed by atoms with Crippen molar-refractivity contribution in [3.8, 4) is 0 Å². The average molecular weight is 326 g/mol. The van der Waals surface area contributed by atoms with E-state index >= 15 is 0 Å². The summed E-state index contributed by atoms with van der Waals surface area (Å²) in [6.07, 6.45) is 2.52. The summed E-state index contributed by atoms with van der Waals surface area (Å²) in [6, 6.07) is 7.10. The number of amides is 1. The third-order valence-corrected chi connectivity index (χ3v) is 4.14. The van der Waals surface area contributed by atoms with E-state index in [2.05, 4.69) is 21.2 Å². The molecule has 1 amide bonds. The minimum atomic E-state index is -0.750. The van der Waals surface area contributed by atoms with Crippen LogP contribution < -0.4 is 5.32 Å². The summed E-state index contributed by atoms with van der Waals surface area (Å²) >= 11 is 3.31. The summed E-state index contributed by atoms with van der Waals surface area (Å²) in [6.45, 7) is 0.436. The first-order valence-electron chi connectivity index (χ1n) is 6.34. The Morgan fingerprint density at radius 1 is 1.26 bits per heavy atom. The van der Waals surface area contributed by atoms with Crippen molar-refractivity contribution in [3.63, 3.8) is 0 Å². The molecule has 0 aromatic heterocycles. The molecule has 0 saturated heterocycles. The molecule has 0 radical (unpaired) electrons. The Kier molecular flexibility index (Phi) is 4.58. The third-order valence-electron chi connectivity index (χ3n) is 3.61. The number of carbonyl (C=O) groups is 2. The highest BCUT2D eigenvalue weighted by Gasteiger charge is 2.32. The number of carboxylic acid groups (broad SMARTS) is 1. The molecule has 19 heavy (non-hydrogen) atoms. The van der Waals surface area contributed by atoms with Crippen LogP contribution in [0.15, 0.2) is 28.7 Å². The van der Waals surface area contributed by atoms with Crippen molar-refractivity contribution < 1.29 is 14.7 Å². The van der Waals surface area contributed by atoms with Gasteiger partial charge in [0.25, 0.3) is 5.91 Å². The van der Waals surface area contributed by atoms with Crippen LogP contribution in [-0.4, -0.2) is 23.5 Å². The van der Waals surface area contributed by atoms with Crippen LogP contribution in [0.25, 0.3) is 0 Å². The van der Waals surface area contributed by atoms with Gasteiger partial charge in [-0.25, -0.2) is 0 Å². The second kappa shape index (κ2) is 6.19. The number of rotatable bonds is 4. The Labute approximate surface area is 120 Å². The van der Waals surface area contributed by atoms with Crippen LogP contribution in [0.5, 0.6) is 0 Å². The predicted molar refractivity (Wildman–Crippen MR) is 74.9 cm³/mol. The topological polar surface area (TPSA) is 66.4 Å². The van der Waals surface area contributed by atoms with Crippen molar-refractivity contribution in [3.05, 3.63) is 34.3 Å². The van der Waals surface area contributed by atoms with Gasteiger partial charge in [-0.1, -0.05) is 22.4 Å². The van der Waals surface area contributed by atoms with Gasteiger partial charge in [0.1, 0.15) is 0 Å². The van der Waals surface area contributed by atoms with Crippen LogP contribution in [-0.2, 0) is 4.79 Å². The zero-order chi connectivity index (χ0) is 13.8. The summed E-state index contributed by atoms with van der Waals surface area (Å²) < 4.78 is 0.922. The molecule has 0 spiro atoms. The van der Waals surface area contributed by atoms with Crippen LogP contribution in [0.1, 0.15) is 29.6 Å². The smallest absolute Gasteiger partial charge is 0.306 e. The zero-order valence-electron chi connectivity index (χ0n) is 10.4. The zero-order valence-corrected chi connectivity index (χ0v) is 12.0. The SMILES string of the molecule is O=C(NCC1CCCC1C(=O)O)c1ccc(Br)cc1. The number of nitrogens with one attached hydrogen (secondary N) is 1. The Morgan fingerprint density at radius 2 is 1.95 bits per heavy atom. The number of carbonyl (C=O) groups excluding carboxylic acids is 1. The van der Waals surface area contributed by atoms with Crippen LogP contribution in [0.4, 0.5) is 0 Å². The maximum atomic E-state index is 11.9. The lowest BCUT2D eigenvalue weighted by Crippen LogP contribution is -2.33. The Bertz CT molecular complexity index is 472. The van der Waals surface area contributed by atoms with Gasteiger partial charge < -0.3 is 10.4 Å². The second-order valence-electron chi connectivity index (χ2n) is 4.85. The van der Waals surface area contributed by atoms with Crippen LogP contribution in [0.3, 0.4) is 0 Å². The van der Waals surface area contributed by atoms with Gasteiger partial charge in [0.05, 0.1) is 5.92 Å². The first kappa shape index (κ1) is 14.1. The van der Waals surface area contributed by atoms with Gasteiger partial charge in [-0.2, -0.15) is 0 Å². The molecule has 1 aromatic rings. The largest absolute Gasteiger partial charge is 0.481 e. The molecule has 0 bridgehead atoms. The molecular formula is C14H16BrNO3. The van der Waals surface area contributed by atoms with Crippen LogP contribution >= 0.6 is 15.9 Å². The number of aliphatic carboxylic acids is 1. The van der Waals surface area contributed by atoms with Gasteiger partial charge in [0, 0.05) is 16.6 Å².